The number of nitrogens with zero attached hydrogens (tertiary/aromatic N) is 2. The van der Waals surface area contributed by atoms with Crippen LogP contribution >= 0.6 is 0 Å². The van der Waals surface area contributed by atoms with Crippen molar-refractivity contribution in [1.29, 1.82) is 0 Å². The van der Waals surface area contributed by atoms with Gasteiger partial charge in [0.2, 0.25) is 5.79 Å². The maximum absolute atomic E-state index is 13.8. The number of carbonyl (C=O) groups excluding carboxylic acids is 2. The second-order valence-corrected chi connectivity index (χ2v) is 16.2. The van der Waals surface area contributed by atoms with Gasteiger partial charge in [-0.25, -0.2) is 9.59 Å². The molecule has 14 nitrogen and oxygen atoms in total. The van der Waals surface area contributed by atoms with Gasteiger partial charge in [0.05, 0.1) is 45.3 Å². The van der Waals surface area contributed by atoms with Crippen molar-refractivity contribution in [2.75, 3.05) is 53.0 Å². The Morgan fingerprint density at radius 3 is 2.39 bits per heavy atom. The third-order valence-corrected chi connectivity index (χ3v) is 11.2. The Balaban J connectivity index is 1.72. The molecule has 2 aromatic carbocycles. The second kappa shape index (κ2) is 20.5. The van der Waals surface area contributed by atoms with E-state index in [1.165, 1.54) is 14.2 Å². The van der Waals surface area contributed by atoms with Gasteiger partial charge in [0.15, 0.2) is 0 Å². The molecule has 0 unspecified atom stereocenters. The summed E-state index contributed by atoms with van der Waals surface area (Å²) in [5.74, 6) is -0.467. The summed E-state index contributed by atoms with van der Waals surface area (Å²) >= 11 is 0. The highest BCUT2D eigenvalue weighted by Crippen LogP contribution is 2.62. The minimum absolute atomic E-state index is 0.0164. The van der Waals surface area contributed by atoms with Crippen LogP contribution in [0.25, 0.3) is 0 Å². The molecular weight excluding hydrogens is 759 g/mol. The van der Waals surface area contributed by atoms with E-state index in [1.807, 2.05) is 33.8 Å². The number of carbonyl (C=O) groups is 2. The number of methoxy groups -OCH3 is 3. The number of amides is 2. The summed E-state index contributed by atoms with van der Waals surface area (Å²) in [5, 5.41) is 27.4. The van der Waals surface area contributed by atoms with Gasteiger partial charge in [-0.1, -0.05) is 37.1 Å². The molecule has 2 amide bonds. The summed E-state index contributed by atoms with van der Waals surface area (Å²) in [4.78, 5) is 35.1. The second-order valence-electron chi connectivity index (χ2n) is 16.2. The van der Waals surface area contributed by atoms with Crippen LogP contribution in [0, 0.1) is 17.8 Å². The minimum Gasteiger partial charge on any atom is -0.497 e. The van der Waals surface area contributed by atoms with E-state index in [4.69, 9.17) is 38.4 Å². The van der Waals surface area contributed by atoms with Crippen LogP contribution in [0.2, 0.25) is 0 Å². The van der Waals surface area contributed by atoms with E-state index in [2.05, 4.69) is 18.0 Å². The Hall–Kier alpha value is -4.79. The normalized spacial score (nSPS) is 23.8. The molecule has 3 N–H and O–H groups in total. The Morgan fingerprint density at radius 1 is 1.02 bits per heavy atom. The Labute approximate surface area is 348 Å². The van der Waals surface area contributed by atoms with Crippen molar-refractivity contribution in [3.05, 3.63) is 66.3 Å². The van der Waals surface area contributed by atoms with E-state index >= 15 is 0 Å². The van der Waals surface area contributed by atoms with Crippen molar-refractivity contribution >= 4 is 23.6 Å². The molecule has 324 valence electrons. The number of nitrogens with one attached hydrogen (secondary N) is 1. The first-order valence-electron chi connectivity index (χ1n) is 20.7. The van der Waals surface area contributed by atoms with Gasteiger partial charge in [-0.05, 0) is 101 Å². The van der Waals surface area contributed by atoms with Gasteiger partial charge in [0.1, 0.15) is 34.6 Å². The highest BCUT2D eigenvalue weighted by molar-refractivity contribution is 6.03. The molecule has 0 saturated heterocycles. The molecule has 1 aliphatic heterocycles. The monoisotopic (exact) mass is 821 g/mol. The molecule has 0 spiro atoms. The number of rotatable bonds is 19. The number of aliphatic hydroxyl groups excluding tert-OH is 2. The summed E-state index contributed by atoms with van der Waals surface area (Å²) < 4.78 is 36.3. The summed E-state index contributed by atoms with van der Waals surface area (Å²) in [5.41, 5.74) is 2.18. The maximum Gasteiger partial charge on any atom is 0.417 e. The zero-order valence-corrected chi connectivity index (χ0v) is 35.7. The van der Waals surface area contributed by atoms with E-state index in [0.717, 1.165) is 36.8 Å². The first-order chi connectivity index (χ1) is 28.4. The fourth-order valence-electron chi connectivity index (χ4n) is 8.78. The van der Waals surface area contributed by atoms with Crippen LogP contribution in [0.4, 0.5) is 15.3 Å². The number of oxime groups is 1. The molecule has 2 aromatic rings. The van der Waals surface area contributed by atoms with Crippen molar-refractivity contribution < 1.29 is 53.1 Å². The highest BCUT2D eigenvalue weighted by Gasteiger charge is 2.65. The van der Waals surface area contributed by atoms with Crippen LogP contribution < -0.4 is 24.3 Å². The van der Waals surface area contributed by atoms with Crippen LogP contribution in [0.15, 0.2) is 65.9 Å². The van der Waals surface area contributed by atoms with Gasteiger partial charge in [-0.15, -0.1) is 6.58 Å². The van der Waals surface area contributed by atoms with Crippen LogP contribution in [-0.4, -0.2) is 98.1 Å². The van der Waals surface area contributed by atoms with E-state index in [0.29, 0.717) is 60.2 Å². The fourth-order valence-corrected chi connectivity index (χ4v) is 8.78. The number of hydrogen-bond acceptors (Lipinski definition) is 12. The third kappa shape index (κ3) is 10.3. The van der Waals surface area contributed by atoms with E-state index in [9.17, 15) is 19.8 Å². The summed E-state index contributed by atoms with van der Waals surface area (Å²) in [6, 6.07) is 9.65. The summed E-state index contributed by atoms with van der Waals surface area (Å²) in [6.45, 7) is 12.4. The number of ether oxygens (including phenoxy) is 6. The van der Waals surface area contributed by atoms with Crippen molar-refractivity contribution in [2.45, 2.75) is 102 Å². The Kier molecular flexibility index (Phi) is 15.7. The SMILES string of the molecule is C=CCO[C@@]12Oc3ccc(OC(=O)Nc4ccc(OC)cc4OC)cc3[C@H]3[C@H](CCCCO)[C@@H](CCCCO)C=C(C(=NOC(C)(C)C)C[C@@H]1N(CCC)C(=O)OC)[C@H]32. The van der Waals surface area contributed by atoms with Crippen molar-refractivity contribution in [1.82, 2.24) is 4.90 Å². The molecule has 59 heavy (non-hydrogen) atoms. The quantitative estimate of drug-likeness (QED) is 0.0710. The maximum atomic E-state index is 13.8. The predicted octanol–water partition coefficient (Wildman–Crippen LogP) is 8.23. The molecule has 0 radical (unpaired) electrons. The van der Waals surface area contributed by atoms with Gasteiger partial charge in [-0.2, -0.15) is 0 Å². The number of unbranched alkanes of at least 4 members (excludes halogenated alkanes) is 2. The molecule has 1 heterocycles. The van der Waals surface area contributed by atoms with Crippen molar-refractivity contribution in [3.63, 3.8) is 0 Å². The molecule has 1 saturated carbocycles. The highest BCUT2D eigenvalue weighted by atomic mass is 16.7. The van der Waals surface area contributed by atoms with Crippen molar-refractivity contribution in [2.24, 2.45) is 22.9 Å². The van der Waals surface area contributed by atoms with Gasteiger partial charge in [0, 0.05) is 43.7 Å². The van der Waals surface area contributed by atoms with E-state index < -0.39 is 35.5 Å². The Morgan fingerprint density at radius 2 is 1.75 bits per heavy atom. The van der Waals surface area contributed by atoms with Crippen LogP contribution in [0.5, 0.6) is 23.0 Å². The molecule has 0 aromatic heterocycles. The van der Waals surface area contributed by atoms with Crippen LogP contribution in [0.3, 0.4) is 0 Å². The molecular formula is C45H63N3O11. The molecule has 1 fully saturated rings. The molecule has 3 aliphatic rings. The number of aliphatic hydroxyl groups is 2. The van der Waals surface area contributed by atoms with Crippen LogP contribution in [-0.2, 0) is 14.3 Å². The number of allylic oxidation sites excluding steroid dienone is 1. The number of anilines is 1. The average Bonchev–Trinajstić information content (AvgIpc) is 3.22. The molecule has 5 rings (SSSR count). The van der Waals surface area contributed by atoms with Crippen LogP contribution in [0.1, 0.15) is 90.5 Å². The predicted molar refractivity (Wildman–Crippen MR) is 224 cm³/mol. The van der Waals surface area contributed by atoms with Crippen molar-refractivity contribution in [3.8, 4) is 23.0 Å². The van der Waals surface area contributed by atoms with Gasteiger partial charge < -0.3 is 43.5 Å². The minimum atomic E-state index is -1.43. The lowest BCUT2D eigenvalue weighted by molar-refractivity contribution is -0.255. The van der Waals surface area contributed by atoms with Gasteiger partial charge >= 0.3 is 12.2 Å². The standard InChI is InChI=1S/C45H63N3O11/c1-9-21-48(43(52)55-8)39-28-36(47-59-44(3,4)5)33-25-29(15-11-13-22-49)32(16-12-14-23-50)40-34-26-31(18-20-37(34)58-45(39,41(33)40)56-24-10-2)57-42(51)46-35-19-17-30(53-6)27-38(35)54-7/h10,17-20,25-27,29,32,39-41,49-50H,2,9,11-16,21-24,28H2,1,3-8H3,(H,46,51)/t29-,32+,39-,40+,41+,45+/m0/s1. The zero-order valence-electron chi connectivity index (χ0n) is 35.7. The summed E-state index contributed by atoms with van der Waals surface area (Å²) in [7, 11) is 4.42. The van der Waals surface area contributed by atoms with Gasteiger partial charge in [-0.3, -0.25) is 10.2 Å². The lowest BCUT2D eigenvalue weighted by Gasteiger charge is -2.59. The lowest BCUT2D eigenvalue weighted by atomic mass is 9.55. The van der Waals surface area contributed by atoms with Gasteiger partial charge in [0.25, 0.3) is 0 Å². The lowest BCUT2D eigenvalue weighted by Crippen LogP contribution is -2.70. The van der Waals surface area contributed by atoms with E-state index in [1.54, 1.807) is 48.4 Å². The fraction of sp³-hybridized carbons (Fsp3) is 0.578. The molecule has 2 aliphatic carbocycles. The smallest absolute Gasteiger partial charge is 0.417 e. The number of fused-ring (bicyclic) bond motifs is 2. The summed E-state index contributed by atoms with van der Waals surface area (Å²) in [6.07, 6.45) is 7.95. The van der Waals surface area contributed by atoms with E-state index in [-0.39, 0.29) is 44.0 Å². The number of hydrogen-bond donors (Lipinski definition) is 3. The molecule has 6 atom stereocenters. The topological polar surface area (TPSA) is 167 Å². The largest absolute Gasteiger partial charge is 0.497 e. The third-order valence-electron chi connectivity index (χ3n) is 11.2. The first kappa shape index (κ1) is 45.3. The zero-order chi connectivity index (χ0) is 42.7. The average molecular weight is 822 g/mol. The molecule has 14 heteroatoms. The number of benzene rings is 2. The molecule has 0 bridgehead atoms. The first-order valence-corrected chi connectivity index (χ1v) is 20.7. The Bertz CT molecular complexity index is 1820.